The zero-order valence-electron chi connectivity index (χ0n) is 15.4. The maximum atomic E-state index is 11.2. The minimum absolute atomic E-state index is 0.232. The molecular formula is C23H24BrO2P. The molecule has 2 nitrogen and oxygen atoms in total. The van der Waals surface area contributed by atoms with Crippen LogP contribution in [0.2, 0.25) is 0 Å². The van der Waals surface area contributed by atoms with Crippen LogP contribution in [0.4, 0.5) is 0 Å². The first-order chi connectivity index (χ1) is 13.1. The number of hydrogen-bond donors (Lipinski definition) is 0. The predicted octanol–water partition coefficient (Wildman–Crippen LogP) is 4.78. The molecule has 0 unspecified atom stereocenters. The minimum atomic E-state index is -2.89. The molecule has 0 saturated heterocycles. The Hall–Kier alpha value is -1.96. The molecule has 0 aliphatic heterocycles. The Labute approximate surface area is 169 Å². The van der Waals surface area contributed by atoms with Gasteiger partial charge in [-0.2, -0.15) is 0 Å². The van der Waals surface area contributed by atoms with Gasteiger partial charge >= 0.3 is 169 Å². The van der Waals surface area contributed by atoms with Gasteiger partial charge in [-0.05, 0) is 0 Å². The van der Waals surface area contributed by atoms with E-state index in [1.807, 2.05) is 18.2 Å². The number of halogens is 1. The number of rotatable bonds is 7. The molecular weight excluding hydrogens is 419 g/mol. The fourth-order valence-electron chi connectivity index (χ4n) is 3.63. The number of esters is 1. The van der Waals surface area contributed by atoms with Crippen molar-refractivity contribution in [1.29, 1.82) is 0 Å². The molecule has 0 aliphatic rings. The zero-order chi connectivity index (χ0) is 19.2. The second-order valence-electron chi connectivity index (χ2n) is 6.61. The summed E-state index contributed by atoms with van der Waals surface area (Å²) in [6.07, 6.45) is 1.65. The monoisotopic (exact) mass is 442 g/mol. The summed E-state index contributed by atoms with van der Waals surface area (Å²) in [6.45, 7) is 1.88. The van der Waals surface area contributed by atoms with Crippen LogP contribution in [0.25, 0.3) is 0 Å². The summed E-state index contributed by atoms with van der Waals surface area (Å²) in [4.78, 5) is 11.2. The van der Waals surface area contributed by atoms with E-state index in [2.05, 4.69) is 88.3 Å². The van der Waals surface area contributed by atoms with Crippen LogP contribution in [-0.2, 0) is 9.53 Å². The van der Waals surface area contributed by atoms with Gasteiger partial charge in [0, 0.05) is 0 Å². The van der Waals surface area contributed by atoms with E-state index in [1.165, 1.54) is 22.8 Å². The zero-order valence-corrected chi connectivity index (χ0v) is 17.9. The Kier molecular flexibility index (Phi) is 6.14. The molecule has 0 heterocycles. The molecule has 0 spiro atoms. The average Bonchev–Trinajstić information content (AvgIpc) is 2.73. The van der Waals surface area contributed by atoms with Crippen molar-refractivity contribution in [3.05, 3.63) is 91.0 Å². The quantitative estimate of drug-likeness (QED) is 0.299. The van der Waals surface area contributed by atoms with E-state index in [0.29, 0.717) is 6.61 Å². The van der Waals surface area contributed by atoms with Crippen LogP contribution in [0, 0.1) is 0 Å². The van der Waals surface area contributed by atoms with Crippen LogP contribution in [0.1, 0.15) is 13.3 Å². The third kappa shape index (κ3) is 3.85. The van der Waals surface area contributed by atoms with Gasteiger partial charge in [-0.3, -0.25) is 0 Å². The summed E-state index contributed by atoms with van der Waals surface area (Å²) in [6, 6.07) is 31.9. The number of carbonyl (C=O) groups excluding carboxylic acids is 1. The van der Waals surface area contributed by atoms with E-state index in [4.69, 9.17) is 4.74 Å². The average molecular weight is 443 g/mol. The van der Waals surface area contributed by atoms with E-state index in [0.717, 1.165) is 12.6 Å². The number of hydrogen-bond acceptors (Lipinski definition) is 2. The van der Waals surface area contributed by atoms with E-state index < -0.39 is 5.31 Å². The van der Waals surface area contributed by atoms with Crippen molar-refractivity contribution in [1.82, 2.24) is 0 Å². The van der Waals surface area contributed by atoms with Gasteiger partial charge in [0.2, 0.25) is 0 Å². The van der Waals surface area contributed by atoms with Gasteiger partial charge in [-0.25, -0.2) is 0 Å². The van der Waals surface area contributed by atoms with E-state index in [1.54, 1.807) is 0 Å². The Morgan fingerprint density at radius 1 is 0.778 bits per heavy atom. The fraction of sp³-hybridized carbons (Fsp3) is 0.174. The first-order valence-electron chi connectivity index (χ1n) is 9.09. The van der Waals surface area contributed by atoms with Crippen LogP contribution >= 0.6 is 20.8 Å². The van der Waals surface area contributed by atoms with Gasteiger partial charge in [0.25, 0.3) is 0 Å². The molecule has 3 aromatic rings. The summed E-state index contributed by atoms with van der Waals surface area (Å²) in [5.41, 5.74) is 0. The predicted molar refractivity (Wildman–Crippen MR) is 120 cm³/mol. The van der Waals surface area contributed by atoms with Crippen molar-refractivity contribution in [3.63, 3.8) is 0 Å². The van der Waals surface area contributed by atoms with E-state index in [-0.39, 0.29) is 5.97 Å². The molecule has 0 saturated carbocycles. The van der Waals surface area contributed by atoms with Crippen LogP contribution in [0.15, 0.2) is 91.0 Å². The summed E-state index contributed by atoms with van der Waals surface area (Å²) in [5, 5.41) is 0.958. The molecule has 0 fully saturated rings. The van der Waals surface area contributed by atoms with E-state index in [9.17, 15) is 4.79 Å². The third-order valence-corrected chi connectivity index (χ3v) is 14.9. The Morgan fingerprint density at radius 3 is 1.48 bits per heavy atom. The number of benzene rings is 3. The molecule has 0 aliphatic carbocycles. The van der Waals surface area contributed by atoms with Gasteiger partial charge in [-0.15, -0.1) is 0 Å². The van der Waals surface area contributed by atoms with Crippen LogP contribution in [0.5, 0.6) is 0 Å². The standard InChI is InChI=1S/C23H24BrO2P/c1-20(25)26-18-11-19-27(24,21-12-5-2-6-13-21,22-14-7-3-8-15-22)23-16-9-4-10-17-23/h2-10,12-17H,11,18-19H2,1H3. The Bertz CT molecular complexity index is 783. The summed E-state index contributed by atoms with van der Waals surface area (Å²) < 4.78 is 5.25. The molecule has 3 aromatic carbocycles. The van der Waals surface area contributed by atoms with Crippen molar-refractivity contribution in [2.75, 3.05) is 12.8 Å². The van der Waals surface area contributed by atoms with Gasteiger partial charge in [0.1, 0.15) is 0 Å². The fourth-order valence-corrected chi connectivity index (χ4v) is 11.3. The second-order valence-corrected chi connectivity index (χ2v) is 15.7. The van der Waals surface area contributed by atoms with Gasteiger partial charge in [0.05, 0.1) is 0 Å². The molecule has 27 heavy (non-hydrogen) atoms. The van der Waals surface area contributed by atoms with Crippen molar-refractivity contribution < 1.29 is 9.53 Å². The van der Waals surface area contributed by atoms with Gasteiger partial charge in [-0.1, -0.05) is 0 Å². The van der Waals surface area contributed by atoms with Crippen molar-refractivity contribution in [3.8, 4) is 0 Å². The first kappa shape index (κ1) is 19.8. The second kappa shape index (κ2) is 8.37. The Morgan fingerprint density at radius 2 is 1.15 bits per heavy atom. The SMILES string of the molecule is CC(=O)OCCCP(Br)(c1ccccc1)(c1ccccc1)c1ccccc1. The van der Waals surface area contributed by atoms with Crippen molar-refractivity contribution >= 4 is 42.7 Å². The first-order valence-corrected chi connectivity index (χ1v) is 13.5. The van der Waals surface area contributed by atoms with Crippen molar-refractivity contribution in [2.45, 2.75) is 13.3 Å². The summed E-state index contributed by atoms with van der Waals surface area (Å²) in [7, 11) is 0. The molecule has 0 aromatic heterocycles. The number of carbonyl (C=O) groups is 1. The Balaban J connectivity index is 2.21. The molecule has 0 atom stereocenters. The molecule has 0 bridgehead atoms. The molecule has 3 rings (SSSR count). The van der Waals surface area contributed by atoms with Crippen LogP contribution < -0.4 is 15.9 Å². The van der Waals surface area contributed by atoms with Crippen LogP contribution in [0.3, 0.4) is 0 Å². The third-order valence-electron chi connectivity index (χ3n) is 4.91. The molecule has 140 valence electrons. The number of ether oxygens (including phenoxy) is 1. The van der Waals surface area contributed by atoms with Crippen LogP contribution in [-0.4, -0.2) is 18.7 Å². The topological polar surface area (TPSA) is 26.3 Å². The van der Waals surface area contributed by atoms with Gasteiger partial charge in [0.15, 0.2) is 0 Å². The van der Waals surface area contributed by atoms with Crippen molar-refractivity contribution in [2.24, 2.45) is 0 Å². The van der Waals surface area contributed by atoms with Gasteiger partial charge < -0.3 is 0 Å². The summed E-state index contributed by atoms with van der Waals surface area (Å²) in [5.74, 6) is -0.232. The maximum absolute atomic E-state index is 11.2. The molecule has 0 amide bonds. The summed E-state index contributed by atoms with van der Waals surface area (Å²) >= 11 is 4.37. The normalized spacial score (nSPS) is 12.7. The molecule has 0 radical (unpaired) electrons. The molecule has 0 N–H and O–H groups in total. The molecule has 4 heteroatoms. The van der Waals surface area contributed by atoms with E-state index >= 15 is 0 Å².